The van der Waals surface area contributed by atoms with Crippen LogP contribution in [0.1, 0.15) is 18.4 Å². The highest BCUT2D eigenvalue weighted by atomic mass is 79.9. The van der Waals surface area contributed by atoms with E-state index in [1.54, 1.807) is 17.1 Å². The normalized spacial score (nSPS) is 15.0. The van der Waals surface area contributed by atoms with Crippen LogP contribution in [-0.2, 0) is 4.79 Å². The van der Waals surface area contributed by atoms with Crippen LogP contribution in [0.15, 0.2) is 34.8 Å². The van der Waals surface area contributed by atoms with E-state index in [9.17, 15) is 4.79 Å². The van der Waals surface area contributed by atoms with E-state index in [4.69, 9.17) is 5.11 Å². The summed E-state index contributed by atoms with van der Waals surface area (Å²) in [7, 11) is 0. The van der Waals surface area contributed by atoms with Crippen molar-refractivity contribution in [3.63, 3.8) is 0 Å². The molecule has 96 valence electrons. The summed E-state index contributed by atoms with van der Waals surface area (Å²) in [5.74, 6) is -0.0217. The van der Waals surface area contributed by atoms with Gasteiger partial charge in [0.05, 0.1) is 6.61 Å². The number of rotatable bonds is 5. The first-order chi connectivity index (χ1) is 8.70. The van der Waals surface area contributed by atoms with Gasteiger partial charge in [-0.25, -0.2) is 0 Å². The number of amides is 1. The van der Waals surface area contributed by atoms with Crippen LogP contribution in [0.2, 0.25) is 0 Å². The summed E-state index contributed by atoms with van der Waals surface area (Å²) in [5, 5.41) is 8.96. The molecule has 4 heteroatoms. The molecule has 0 aliphatic heterocycles. The average Bonchev–Trinajstić information content (AvgIpc) is 3.17. The Hall–Kier alpha value is -1.13. The van der Waals surface area contributed by atoms with Crippen LogP contribution >= 0.6 is 15.9 Å². The second-order valence-corrected chi connectivity index (χ2v) is 5.29. The van der Waals surface area contributed by atoms with Crippen molar-refractivity contribution < 1.29 is 9.90 Å². The molecule has 3 nitrogen and oxygen atoms in total. The number of hydrogen-bond acceptors (Lipinski definition) is 2. The summed E-state index contributed by atoms with van der Waals surface area (Å²) >= 11 is 3.39. The molecule has 18 heavy (non-hydrogen) atoms. The lowest BCUT2D eigenvalue weighted by Gasteiger charge is -2.19. The summed E-state index contributed by atoms with van der Waals surface area (Å²) < 4.78 is 0.992. The molecule has 0 spiro atoms. The third-order valence-corrected chi connectivity index (χ3v) is 3.37. The van der Waals surface area contributed by atoms with Gasteiger partial charge in [-0.3, -0.25) is 4.79 Å². The smallest absolute Gasteiger partial charge is 0.246 e. The molecule has 0 bridgehead atoms. The van der Waals surface area contributed by atoms with Crippen LogP contribution in [0.3, 0.4) is 0 Å². The standard InChI is InChI=1S/C14H16BrNO2/c15-12-3-1-2-11(10-12)4-7-14(18)16(8-9-17)13-5-6-13/h1-4,7,10,13,17H,5-6,8-9H2/b7-4+. The van der Waals surface area contributed by atoms with Gasteiger partial charge in [-0.15, -0.1) is 0 Å². The highest BCUT2D eigenvalue weighted by molar-refractivity contribution is 9.10. The Morgan fingerprint density at radius 1 is 1.50 bits per heavy atom. The van der Waals surface area contributed by atoms with Gasteiger partial charge >= 0.3 is 0 Å². The molecule has 1 amide bonds. The quantitative estimate of drug-likeness (QED) is 0.849. The van der Waals surface area contributed by atoms with E-state index in [1.165, 1.54) is 0 Å². The van der Waals surface area contributed by atoms with Gasteiger partial charge in [-0.05, 0) is 36.6 Å². The monoisotopic (exact) mass is 309 g/mol. The molecule has 0 heterocycles. The maximum atomic E-state index is 12.0. The lowest BCUT2D eigenvalue weighted by molar-refractivity contribution is -0.127. The predicted molar refractivity (Wildman–Crippen MR) is 75.0 cm³/mol. The van der Waals surface area contributed by atoms with Crippen LogP contribution in [0, 0.1) is 0 Å². The largest absolute Gasteiger partial charge is 0.395 e. The first-order valence-corrected chi connectivity index (χ1v) is 6.85. The van der Waals surface area contributed by atoms with Crippen molar-refractivity contribution >= 4 is 27.9 Å². The Balaban J connectivity index is 2.01. The van der Waals surface area contributed by atoms with Crippen molar-refractivity contribution in [2.75, 3.05) is 13.2 Å². The summed E-state index contributed by atoms with van der Waals surface area (Å²) in [6.45, 7) is 0.444. The molecule has 0 unspecified atom stereocenters. The molecule has 0 saturated heterocycles. The lowest BCUT2D eigenvalue weighted by atomic mass is 10.2. The van der Waals surface area contributed by atoms with Crippen molar-refractivity contribution in [3.8, 4) is 0 Å². The predicted octanol–water partition coefficient (Wildman–Crippen LogP) is 2.45. The van der Waals surface area contributed by atoms with Crippen molar-refractivity contribution in [1.29, 1.82) is 0 Å². The summed E-state index contributed by atoms with van der Waals surface area (Å²) in [6, 6.07) is 8.11. The zero-order valence-corrected chi connectivity index (χ0v) is 11.6. The number of hydrogen-bond donors (Lipinski definition) is 1. The maximum Gasteiger partial charge on any atom is 0.246 e. The van der Waals surface area contributed by atoms with Gasteiger partial charge in [-0.1, -0.05) is 28.1 Å². The van der Waals surface area contributed by atoms with Crippen molar-refractivity contribution in [1.82, 2.24) is 4.90 Å². The van der Waals surface area contributed by atoms with E-state index < -0.39 is 0 Å². The van der Waals surface area contributed by atoms with Crippen LogP contribution in [0.4, 0.5) is 0 Å². The Morgan fingerprint density at radius 2 is 2.28 bits per heavy atom. The van der Waals surface area contributed by atoms with Crippen molar-refractivity contribution in [2.24, 2.45) is 0 Å². The third-order valence-electron chi connectivity index (χ3n) is 2.88. The summed E-state index contributed by atoms with van der Waals surface area (Å²) in [5.41, 5.74) is 0.984. The minimum absolute atomic E-state index is 0.0208. The Kier molecular flexibility index (Phi) is 4.55. The number of benzene rings is 1. The molecular formula is C14H16BrNO2. The summed E-state index contributed by atoms with van der Waals surface area (Å²) in [4.78, 5) is 13.7. The minimum Gasteiger partial charge on any atom is -0.395 e. The average molecular weight is 310 g/mol. The van der Waals surface area contributed by atoms with Gasteiger partial charge in [0.15, 0.2) is 0 Å². The molecule has 1 N–H and O–H groups in total. The SMILES string of the molecule is O=C(/C=C/c1cccc(Br)c1)N(CCO)C1CC1. The second-order valence-electron chi connectivity index (χ2n) is 4.37. The first kappa shape index (κ1) is 13.3. The van der Waals surface area contributed by atoms with E-state index >= 15 is 0 Å². The van der Waals surface area contributed by atoms with Gasteiger partial charge in [0.2, 0.25) is 5.91 Å². The fourth-order valence-electron chi connectivity index (χ4n) is 1.84. The third kappa shape index (κ3) is 3.68. The molecule has 1 aromatic carbocycles. The lowest BCUT2D eigenvalue weighted by Crippen LogP contribution is -2.34. The number of halogens is 1. The highest BCUT2D eigenvalue weighted by Gasteiger charge is 2.30. The number of aliphatic hydroxyl groups is 1. The molecule has 1 fully saturated rings. The fraction of sp³-hybridized carbons (Fsp3) is 0.357. The van der Waals surface area contributed by atoms with Crippen LogP contribution in [0.25, 0.3) is 6.08 Å². The van der Waals surface area contributed by atoms with Gasteiger partial charge in [0.1, 0.15) is 0 Å². The van der Waals surface area contributed by atoms with E-state index in [-0.39, 0.29) is 12.5 Å². The van der Waals surface area contributed by atoms with Gasteiger partial charge in [-0.2, -0.15) is 0 Å². The molecule has 1 aliphatic rings. The van der Waals surface area contributed by atoms with E-state index in [0.717, 1.165) is 22.9 Å². The molecule has 0 atom stereocenters. The first-order valence-electron chi connectivity index (χ1n) is 6.06. The Morgan fingerprint density at radius 3 is 2.89 bits per heavy atom. The zero-order chi connectivity index (χ0) is 13.0. The Labute approximate surface area is 115 Å². The van der Waals surface area contributed by atoms with E-state index in [1.807, 2.05) is 24.3 Å². The molecule has 1 aromatic rings. The molecular weight excluding hydrogens is 294 g/mol. The topological polar surface area (TPSA) is 40.5 Å². The second kappa shape index (κ2) is 6.16. The number of nitrogens with zero attached hydrogens (tertiary/aromatic N) is 1. The number of aliphatic hydroxyl groups excluding tert-OH is 1. The van der Waals surface area contributed by atoms with E-state index in [2.05, 4.69) is 15.9 Å². The van der Waals surface area contributed by atoms with Crippen molar-refractivity contribution in [3.05, 3.63) is 40.4 Å². The number of carbonyl (C=O) groups is 1. The van der Waals surface area contributed by atoms with Crippen molar-refractivity contribution in [2.45, 2.75) is 18.9 Å². The Bertz CT molecular complexity index is 455. The van der Waals surface area contributed by atoms with Crippen LogP contribution in [0.5, 0.6) is 0 Å². The molecule has 1 aliphatic carbocycles. The molecule has 0 aromatic heterocycles. The zero-order valence-electron chi connectivity index (χ0n) is 10.1. The molecule has 1 saturated carbocycles. The van der Waals surface area contributed by atoms with Gasteiger partial charge in [0.25, 0.3) is 0 Å². The van der Waals surface area contributed by atoms with Crippen LogP contribution in [-0.4, -0.2) is 35.1 Å². The number of carbonyl (C=O) groups excluding carboxylic acids is 1. The molecule has 2 rings (SSSR count). The van der Waals surface area contributed by atoms with E-state index in [0.29, 0.717) is 12.6 Å². The minimum atomic E-state index is -0.0217. The van der Waals surface area contributed by atoms with Gasteiger partial charge in [0, 0.05) is 23.1 Å². The summed E-state index contributed by atoms with van der Waals surface area (Å²) in [6.07, 6.45) is 5.49. The fourth-order valence-corrected chi connectivity index (χ4v) is 2.26. The maximum absolute atomic E-state index is 12.0. The van der Waals surface area contributed by atoms with Crippen LogP contribution < -0.4 is 0 Å². The molecule has 0 radical (unpaired) electrons. The van der Waals surface area contributed by atoms with Gasteiger partial charge < -0.3 is 10.0 Å². The highest BCUT2D eigenvalue weighted by Crippen LogP contribution is 2.26.